The van der Waals surface area contributed by atoms with E-state index in [1.165, 1.54) is 16.8 Å². The second kappa shape index (κ2) is 6.48. The Morgan fingerprint density at radius 1 is 1.35 bits per heavy atom. The summed E-state index contributed by atoms with van der Waals surface area (Å²) in [5, 5.41) is 4.21. The van der Waals surface area contributed by atoms with Gasteiger partial charge in [0.15, 0.2) is 5.82 Å². The molecule has 0 bridgehead atoms. The summed E-state index contributed by atoms with van der Waals surface area (Å²) in [7, 11) is 0. The van der Waals surface area contributed by atoms with Crippen LogP contribution in [0.1, 0.15) is 44.3 Å². The smallest absolute Gasteiger partial charge is 0.336 e. The Labute approximate surface area is 134 Å². The Hall–Kier alpha value is -2.24. The SMILES string of the molecule is CC(C)Oc1nc(-c2cccc(F)c2)n(C(=O)C2CCCC2)n1. The molecule has 0 spiro atoms. The summed E-state index contributed by atoms with van der Waals surface area (Å²) in [5.41, 5.74) is 0.516. The lowest BCUT2D eigenvalue weighted by Gasteiger charge is -2.09. The van der Waals surface area contributed by atoms with Gasteiger partial charge in [-0.25, -0.2) is 4.39 Å². The van der Waals surface area contributed by atoms with Crippen LogP contribution >= 0.6 is 0 Å². The number of rotatable bonds is 4. The molecule has 0 amide bonds. The molecule has 1 aromatic carbocycles. The first-order valence-electron chi connectivity index (χ1n) is 7.98. The summed E-state index contributed by atoms with van der Waals surface area (Å²) in [6.07, 6.45) is 3.72. The predicted molar refractivity (Wildman–Crippen MR) is 83.8 cm³/mol. The zero-order chi connectivity index (χ0) is 16.4. The third-order valence-corrected chi connectivity index (χ3v) is 3.92. The van der Waals surface area contributed by atoms with E-state index in [9.17, 15) is 9.18 Å². The molecule has 1 heterocycles. The van der Waals surface area contributed by atoms with Gasteiger partial charge in [-0.2, -0.15) is 9.67 Å². The van der Waals surface area contributed by atoms with E-state index in [0.717, 1.165) is 25.7 Å². The largest absolute Gasteiger partial charge is 0.460 e. The lowest BCUT2D eigenvalue weighted by atomic mass is 10.1. The number of halogens is 1. The van der Waals surface area contributed by atoms with Crippen molar-refractivity contribution in [1.82, 2.24) is 14.8 Å². The third kappa shape index (κ3) is 3.41. The normalized spacial score (nSPS) is 15.3. The van der Waals surface area contributed by atoms with Gasteiger partial charge in [0.2, 0.25) is 0 Å². The van der Waals surface area contributed by atoms with Crippen molar-refractivity contribution >= 4 is 5.91 Å². The topological polar surface area (TPSA) is 57.0 Å². The maximum atomic E-state index is 13.5. The first-order valence-corrected chi connectivity index (χ1v) is 7.98. The highest BCUT2D eigenvalue weighted by Crippen LogP contribution is 2.29. The summed E-state index contributed by atoms with van der Waals surface area (Å²) >= 11 is 0. The van der Waals surface area contributed by atoms with Crippen molar-refractivity contribution in [2.75, 3.05) is 0 Å². The monoisotopic (exact) mass is 317 g/mol. The summed E-state index contributed by atoms with van der Waals surface area (Å²) in [5.74, 6) is -0.183. The third-order valence-electron chi connectivity index (χ3n) is 3.92. The lowest BCUT2D eigenvalue weighted by Crippen LogP contribution is -2.21. The van der Waals surface area contributed by atoms with Crippen LogP contribution in [-0.2, 0) is 0 Å². The van der Waals surface area contributed by atoms with Crippen LogP contribution < -0.4 is 4.74 Å². The molecule has 1 fully saturated rings. The molecule has 1 saturated carbocycles. The van der Waals surface area contributed by atoms with E-state index in [1.807, 2.05) is 13.8 Å². The van der Waals surface area contributed by atoms with E-state index < -0.39 is 0 Å². The number of aromatic nitrogens is 3. The summed E-state index contributed by atoms with van der Waals surface area (Å²) in [4.78, 5) is 17.0. The molecule has 0 unspecified atom stereocenters. The molecular formula is C17H20FN3O2. The second-order valence-electron chi connectivity index (χ2n) is 6.13. The summed E-state index contributed by atoms with van der Waals surface area (Å²) < 4.78 is 20.3. The zero-order valence-corrected chi connectivity index (χ0v) is 13.3. The molecule has 1 aliphatic carbocycles. The van der Waals surface area contributed by atoms with Crippen molar-refractivity contribution in [1.29, 1.82) is 0 Å². The molecule has 5 nitrogen and oxygen atoms in total. The molecule has 23 heavy (non-hydrogen) atoms. The molecule has 2 aromatic rings. The van der Waals surface area contributed by atoms with Crippen LogP contribution in [0.15, 0.2) is 24.3 Å². The number of ether oxygens (including phenoxy) is 1. The van der Waals surface area contributed by atoms with Gasteiger partial charge in [-0.05, 0) is 38.8 Å². The van der Waals surface area contributed by atoms with Gasteiger partial charge in [0, 0.05) is 11.5 Å². The average molecular weight is 317 g/mol. The van der Waals surface area contributed by atoms with Crippen molar-refractivity contribution < 1.29 is 13.9 Å². The van der Waals surface area contributed by atoms with E-state index in [0.29, 0.717) is 11.4 Å². The van der Waals surface area contributed by atoms with Gasteiger partial charge in [-0.3, -0.25) is 4.79 Å². The minimum absolute atomic E-state index is 0.0455. The standard InChI is InChI=1S/C17H20FN3O2/c1-11(2)23-17-19-15(13-8-5-9-14(18)10-13)21(20-17)16(22)12-6-3-4-7-12/h5,8-12H,3-4,6-7H2,1-2H3. The van der Waals surface area contributed by atoms with E-state index in [4.69, 9.17) is 4.74 Å². The molecule has 0 radical (unpaired) electrons. The highest BCUT2D eigenvalue weighted by Gasteiger charge is 2.28. The van der Waals surface area contributed by atoms with E-state index >= 15 is 0 Å². The van der Waals surface area contributed by atoms with Crippen LogP contribution in [0.4, 0.5) is 4.39 Å². The minimum Gasteiger partial charge on any atom is -0.460 e. The first kappa shape index (κ1) is 15.6. The van der Waals surface area contributed by atoms with Crippen molar-refractivity contribution in [3.05, 3.63) is 30.1 Å². The van der Waals surface area contributed by atoms with Crippen molar-refractivity contribution in [2.45, 2.75) is 45.6 Å². The number of carbonyl (C=O) groups excluding carboxylic acids is 1. The Kier molecular flexibility index (Phi) is 4.41. The van der Waals surface area contributed by atoms with Gasteiger partial charge in [-0.1, -0.05) is 25.0 Å². The first-order chi connectivity index (χ1) is 11.0. The van der Waals surface area contributed by atoms with Gasteiger partial charge in [0.05, 0.1) is 6.10 Å². The number of hydrogen-bond acceptors (Lipinski definition) is 4. The van der Waals surface area contributed by atoms with Crippen LogP contribution in [0.25, 0.3) is 11.4 Å². The molecule has 0 N–H and O–H groups in total. The highest BCUT2D eigenvalue weighted by molar-refractivity contribution is 5.84. The van der Waals surface area contributed by atoms with Gasteiger partial charge in [0.1, 0.15) is 5.82 Å². The van der Waals surface area contributed by atoms with Crippen LogP contribution in [0, 0.1) is 11.7 Å². The molecule has 1 aromatic heterocycles. The molecule has 3 rings (SSSR count). The van der Waals surface area contributed by atoms with Gasteiger partial charge < -0.3 is 4.74 Å². The van der Waals surface area contributed by atoms with E-state index in [1.54, 1.807) is 12.1 Å². The summed E-state index contributed by atoms with van der Waals surface area (Å²) in [6.45, 7) is 3.72. The number of carbonyl (C=O) groups is 1. The second-order valence-corrected chi connectivity index (χ2v) is 6.13. The fourth-order valence-corrected chi connectivity index (χ4v) is 2.87. The van der Waals surface area contributed by atoms with Crippen molar-refractivity contribution in [3.63, 3.8) is 0 Å². The molecule has 122 valence electrons. The Morgan fingerprint density at radius 2 is 2.09 bits per heavy atom. The zero-order valence-electron chi connectivity index (χ0n) is 13.3. The van der Waals surface area contributed by atoms with Gasteiger partial charge in [-0.15, -0.1) is 5.10 Å². The Bertz CT molecular complexity index is 706. The number of nitrogens with zero attached hydrogens (tertiary/aromatic N) is 3. The van der Waals surface area contributed by atoms with Crippen molar-refractivity contribution in [3.8, 4) is 17.4 Å². The molecule has 6 heteroatoms. The quantitative estimate of drug-likeness (QED) is 0.862. The number of benzene rings is 1. The summed E-state index contributed by atoms with van der Waals surface area (Å²) in [6, 6.07) is 6.15. The minimum atomic E-state index is -0.378. The molecule has 0 atom stereocenters. The van der Waals surface area contributed by atoms with Crippen LogP contribution in [0.3, 0.4) is 0 Å². The maximum absolute atomic E-state index is 13.5. The number of hydrogen-bond donors (Lipinski definition) is 0. The molecular weight excluding hydrogens is 297 g/mol. The van der Waals surface area contributed by atoms with Gasteiger partial charge in [0.25, 0.3) is 5.91 Å². The highest BCUT2D eigenvalue weighted by atomic mass is 19.1. The van der Waals surface area contributed by atoms with Crippen LogP contribution in [0.2, 0.25) is 0 Å². The predicted octanol–water partition coefficient (Wildman–Crippen LogP) is 3.70. The lowest BCUT2D eigenvalue weighted by molar-refractivity contribution is 0.0819. The Balaban J connectivity index is 2.01. The average Bonchev–Trinajstić information content (AvgIpc) is 3.15. The van der Waals surface area contributed by atoms with E-state index in [2.05, 4.69) is 10.1 Å². The molecule has 0 aliphatic heterocycles. The van der Waals surface area contributed by atoms with Crippen molar-refractivity contribution in [2.24, 2.45) is 5.92 Å². The fraction of sp³-hybridized carbons (Fsp3) is 0.471. The van der Waals surface area contributed by atoms with E-state index in [-0.39, 0.29) is 29.8 Å². The molecule has 1 aliphatic rings. The molecule has 0 saturated heterocycles. The van der Waals surface area contributed by atoms with Gasteiger partial charge >= 0.3 is 6.01 Å². The van der Waals surface area contributed by atoms with Crippen LogP contribution in [0.5, 0.6) is 6.01 Å². The van der Waals surface area contributed by atoms with Crippen LogP contribution in [-0.4, -0.2) is 26.8 Å². The fourth-order valence-electron chi connectivity index (χ4n) is 2.87. The Morgan fingerprint density at radius 3 is 2.74 bits per heavy atom. The maximum Gasteiger partial charge on any atom is 0.336 e.